The number of aromatic nitrogens is 2. The van der Waals surface area contributed by atoms with Crippen LogP contribution < -0.4 is 10.2 Å². The van der Waals surface area contributed by atoms with E-state index in [-0.39, 0.29) is 17.7 Å². The van der Waals surface area contributed by atoms with Crippen molar-refractivity contribution in [1.29, 1.82) is 0 Å². The van der Waals surface area contributed by atoms with Gasteiger partial charge in [0.15, 0.2) is 5.11 Å². The molecule has 0 spiro atoms. The Morgan fingerprint density at radius 3 is 2.16 bits per heavy atom. The first-order valence-corrected chi connectivity index (χ1v) is 10.2. The predicted octanol–water partition coefficient (Wildman–Crippen LogP) is 5.33. The van der Waals surface area contributed by atoms with Gasteiger partial charge in [-0.25, -0.2) is 8.78 Å². The lowest BCUT2D eigenvalue weighted by atomic mass is 10.0. The summed E-state index contributed by atoms with van der Waals surface area (Å²) in [5, 5.41) is 3.68. The van der Waals surface area contributed by atoms with E-state index in [9.17, 15) is 8.78 Å². The molecule has 2 aromatic carbocycles. The average Bonchev–Trinajstić information content (AvgIpc) is 3.39. The maximum atomic E-state index is 14.8. The van der Waals surface area contributed by atoms with Crippen LogP contribution in [0.4, 0.5) is 14.5 Å². The van der Waals surface area contributed by atoms with Gasteiger partial charge in [-0.3, -0.25) is 4.98 Å². The largest absolute Gasteiger partial charge is 0.351 e. The minimum absolute atomic E-state index is 0.347. The minimum Gasteiger partial charge on any atom is -0.351 e. The molecule has 1 N–H and O–H groups in total. The topological polar surface area (TPSA) is 33.1 Å². The predicted molar refractivity (Wildman–Crippen MR) is 120 cm³/mol. The van der Waals surface area contributed by atoms with Crippen molar-refractivity contribution >= 4 is 23.0 Å². The van der Waals surface area contributed by atoms with E-state index >= 15 is 0 Å². The second kappa shape index (κ2) is 7.92. The number of hydrogen-bond donors (Lipinski definition) is 1. The Bertz CT molecular complexity index is 1240. The number of hydrogen-bond acceptors (Lipinski definition) is 2. The molecule has 1 fully saturated rings. The van der Waals surface area contributed by atoms with Gasteiger partial charge in [0.05, 0.1) is 23.1 Å². The summed E-state index contributed by atoms with van der Waals surface area (Å²) in [6.07, 6.45) is 3.50. The molecule has 4 nitrogen and oxygen atoms in total. The SMILES string of the molecule is Fc1ccccc1N1C(=S)N[C@H](c2ccccn2)[C@H]1c1cccn1-c1ccccc1F. The van der Waals surface area contributed by atoms with Gasteiger partial charge in [-0.15, -0.1) is 0 Å². The number of pyridine rings is 1. The third-order valence-electron chi connectivity index (χ3n) is 5.41. The molecule has 1 aliphatic rings. The van der Waals surface area contributed by atoms with E-state index in [0.29, 0.717) is 16.5 Å². The Kier molecular flexibility index (Phi) is 4.95. The fourth-order valence-electron chi connectivity index (χ4n) is 4.06. The summed E-state index contributed by atoms with van der Waals surface area (Å²) in [4.78, 5) is 6.25. The molecule has 31 heavy (non-hydrogen) atoms. The molecule has 154 valence electrons. The van der Waals surface area contributed by atoms with Gasteiger partial charge < -0.3 is 14.8 Å². The summed E-state index contributed by atoms with van der Waals surface area (Å²) < 4.78 is 31.3. The molecule has 0 bridgehead atoms. The molecule has 5 rings (SSSR count). The minimum atomic E-state index is -0.450. The first-order valence-electron chi connectivity index (χ1n) is 9.82. The van der Waals surface area contributed by atoms with Gasteiger partial charge in [-0.2, -0.15) is 0 Å². The smallest absolute Gasteiger partial charge is 0.174 e. The van der Waals surface area contributed by atoms with E-state index in [1.165, 1.54) is 12.1 Å². The summed E-state index contributed by atoms with van der Waals surface area (Å²) in [5.74, 6) is -0.734. The molecule has 4 aromatic rings. The monoisotopic (exact) mass is 432 g/mol. The lowest BCUT2D eigenvalue weighted by molar-refractivity contribution is 0.537. The van der Waals surface area contributed by atoms with E-state index in [1.807, 2.05) is 30.3 Å². The lowest BCUT2D eigenvalue weighted by Crippen LogP contribution is -2.31. The summed E-state index contributed by atoms with van der Waals surface area (Å²) in [5.41, 5.74) is 2.28. The Labute approximate surface area is 183 Å². The molecule has 0 saturated carbocycles. The van der Waals surface area contributed by atoms with Crippen molar-refractivity contribution in [3.8, 4) is 5.69 Å². The second-order valence-electron chi connectivity index (χ2n) is 7.20. The summed E-state index contributed by atoms with van der Waals surface area (Å²) in [6, 6.07) is 21.6. The molecule has 2 atom stereocenters. The Morgan fingerprint density at radius 1 is 0.806 bits per heavy atom. The fraction of sp³-hybridized carbons (Fsp3) is 0.0833. The highest BCUT2D eigenvalue weighted by Gasteiger charge is 2.43. The van der Waals surface area contributed by atoms with Gasteiger partial charge in [0, 0.05) is 18.1 Å². The normalized spacial score (nSPS) is 18.3. The maximum Gasteiger partial charge on any atom is 0.174 e. The van der Waals surface area contributed by atoms with Crippen LogP contribution in [0.2, 0.25) is 0 Å². The summed E-state index contributed by atoms with van der Waals surface area (Å²) in [6.45, 7) is 0. The molecule has 2 aromatic heterocycles. The maximum absolute atomic E-state index is 14.8. The van der Waals surface area contributed by atoms with Crippen molar-refractivity contribution in [3.05, 3.63) is 114 Å². The quantitative estimate of drug-likeness (QED) is 0.442. The highest BCUT2D eigenvalue weighted by atomic mass is 32.1. The summed E-state index contributed by atoms with van der Waals surface area (Å²) >= 11 is 5.63. The standard InChI is InChI=1S/C24H18F2N4S/c25-16-8-1-3-11-19(16)29-15-7-13-21(29)23-22(18-10-5-6-14-27-18)28-24(31)30(23)20-12-4-2-9-17(20)26/h1-15,22-23H,(H,28,31)/t22-,23-/m1/s1. The van der Waals surface area contributed by atoms with Crippen LogP contribution in [0.1, 0.15) is 23.5 Å². The molecular weight excluding hydrogens is 414 g/mol. The van der Waals surface area contributed by atoms with Crippen LogP contribution in [0.15, 0.2) is 91.3 Å². The van der Waals surface area contributed by atoms with Crippen LogP contribution in [0.25, 0.3) is 5.69 Å². The third kappa shape index (κ3) is 3.37. The number of para-hydroxylation sites is 2. The number of rotatable bonds is 4. The number of thiocarbonyl (C=S) groups is 1. The number of nitrogens with one attached hydrogen (secondary N) is 1. The van der Waals surface area contributed by atoms with Crippen LogP contribution in [0, 0.1) is 11.6 Å². The van der Waals surface area contributed by atoms with Crippen LogP contribution in [-0.4, -0.2) is 14.7 Å². The molecule has 3 heterocycles. The fourth-order valence-corrected chi connectivity index (χ4v) is 4.40. The van der Waals surface area contributed by atoms with Gasteiger partial charge in [0.25, 0.3) is 0 Å². The van der Waals surface area contributed by atoms with Gasteiger partial charge >= 0.3 is 0 Å². The van der Waals surface area contributed by atoms with E-state index in [2.05, 4.69) is 10.3 Å². The lowest BCUT2D eigenvalue weighted by Gasteiger charge is -2.29. The molecule has 1 saturated heterocycles. The van der Waals surface area contributed by atoms with Crippen molar-refractivity contribution < 1.29 is 8.78 Å². The molecule has 0 radical (unpaired) electrons. The zero-order chi connectivity index (χ0) is 21.4. The Balaban J connectivity index is 1.71. The van der Waals surface area contributed by atoms with Crippen LogP contribution in [0.3, 0.4) is 0 Å². The van der Waals surface area contributed by atoms with Gasteiger partial charge in [-0.1, -0.05) is 30.3 Å². The van der Waals surface area contributed by atoms with E-state index < -0.39 is 6.04 Å². The van der Waals surface area contributed by atoms with Crippen molar-refractivity contribution in [2.45, 2.75) is 12.1 Å². The first kappa shape index (κ1) is 19.4. The number of anilines is 1. The van der Waals surface area contributed by atoms with Gasteiger partial charge in [0.1, 0.15) is 17.7 Å². The molecular formula is C24H18F2N4S. The Morgan fingerprint density at radius 2 is 1.48 bits per heavy atom. The van der Waals surface area contributed by atoms with Crippen molar-refractivity contribution in [1.82, 2.24) is 14.9 Å². The summed E-state index contributed by atoms with van der Waals surface area (Å²) in [7, 11) is 0. The third-order valence-corrected chi connectivity index (χ3v) is 5.72. The van der Waals surface area contributed by atoms with Crippen LogP contribution in [0.5, 0.6) is 0 Å². The van der Waals surface area contributed by atoms with E-state index in [1.54, 1.807) is 58.3 Å². The number of benzene rings is 2. The average molecular weight is 432 g/mol. The van der Waals surface area contributed by atoms with E-state index in [0.717, 1.165) is 11.4 Å². The van der Waals surface area contributed by atoms with Crippen LogP contribution in [-0.2, 0) is 0 Å². The van der Waals surface area contributed by atoms with E-state index in [4.69, 9.17) is 12.2 Å². The van der Waals surface area contributed by atoms with Crippen molar-refractivity contribution in [2.24, 2.45) is 0 Å². The first-order chi connectivity index (χ1) is 15.1. The van der Waals surface area contributed by atoms with Gasteiger partial charge in [-0.05, 0) is 60.7 Å². The molecule has 0 aliphatic carbocycles. The van der Waals surface area contributed by atoms with Crippen molar-refractivity contribution in [3.63, 3.8) is 0 Å². The highest BCUT2D eigenvalue weighted by molar-refractivity contribution is 7.80. The molecule has 0 unspecified atom stereocenters. The zero-order valence-corrected chi connectivity index (χ0v) is 17.1. The molecule has 0 amide bonds. The highest BCUT2D eigenvalue weighted by Crippen LogP contribution is 2.43. The van der Waals surface area contributed by atoms with Crippen molar-refractivity contribution in [2.75, 3.05) is 4.90 Å². The zero-order valence-electron chi connectivity index (χ0n) is 16.3. The molecule has 1 aliphatic heterocycles. The van der Waals surface area contributed by atoms with Gasteiger partial charge in [0.2, 0.25) is 0 Å². The Hall–Kier alpha value is -3.58. The molecule has 7 heteroatoms. The number of halogens is 2. The van der Waals surface area contributed by atoms with Crippen LogP contribution >= 0.6 is 12.2 Å². The second-order valence-corrected chi connectivity index (χ2v) is 7.59. The number of nitrogens with zero attached hydrogens (tertiary/aromatic N) is 3.